The van der Waals surface area contributed by atoms with E-state index in [0.29, 0.717) is 11.4 Å². The van der Waals surface area contributed by atoms with E-state index in [1.165, 1.54) is 0 Å². The summed E-state index contributed by atoms with van der Waals surface area (Å²) in [6.45, 7) is 6.40. The van der Waals surface area contributed by atoms with Crippen LogP contribution in [0.4, 0.5) is 0 Å². The summed E-state index contributed by atoms with van der Waals surface area (Å²) in [5.74, 6) is 0. The molecule has 6 nitrogen and oxygen atoms in total. The van der Waals surface area contributed by atoms with Crippen LogP contribution < -0.4 is 10.0 Å². The van der Waals surface area contributed by atoms with E-state index in [1.807, 2.05) is 25.9 Å². The predicted molar refractivity (Wildman–Crippen MR) is 85.7 cm³/mol. The van der Waals surface area contributed by atoms with Gasteiger partial charge in [0.25, 0.3) is 0 Å². The quantitative estimate of drug-likeness (QED) is 0.566. The first-order valence-corrected chi connectivity index (χ1v) is 8.88. The second kappa shape index (κ2) is 8.53. The summed E-state index contributed by atoms with van der Waals surface area (Å²) in [6.07, 6.45) is 3.38. The van der Waals surface area contributed by atoms with Crippen LogP contribution in [0.2, 0.25) is 0 Å². The molecule has 0 fully saturated rings. The van der Waals surface area contributed by atoms with Gasteiger partial charge >= 0.3 is 0 Å². The molecule has 0 radical (unpaired) electrons. The maximum atomic E-state index is 12.3. The minimum atomic E-state index is -3.44. The third-order valence-electron chi connectivity index (χ3n) is 3.13. The number of hydrogen-bond donors (Lipinski definition) is 3. The first-order valence-electron chi connectivity index (χ1n) is 7.40. The zero-order valence-corrected chi connectivity index (χ0v) is 14.3. The number of aromatic nitrogens is 1. The largest absolute Gasteiger partial charge is 0.363 e. The first-order chi connectivity index (χ1) is 9.85. The second-order valence-corrected chi connectivity index (χ2v) is 7.37. The molecule has 3 N–H and O–H groups in total. The van der Waals surface area contributed by atoms with E-state index < -0.39 is 10.0 Å². The topological polar surface area (TPSA) is 77.2 Å². The highest BCUT2D eigenvalue weighted by Gasteiger charge is 2.18. The van der Waals surface area contributed by atoms with Crippen LogP contribution in [0.25, 0.3) is 0 Å². The van der Waals surface area contributed by atoms with Gasteiger partial charge in [-0.3, -0.25) is 0 Å². The van der Waals surface area contributed by atoms with Crippen LogP contribution in [0, 0.1) is 0 Å². The van der Waals surface area contributed by atoms with E-state index in [0.717, 1.165) is 31.6 Å². The van der Waals surface area contributed by atoms with Crippen LogP contribution in [-0.2, 0) is 16.6 Å². The lowest BCUT2D eigenvalue weighted by Crippen LogP contribution is -2.34. The van der Waals surface area contributed by atoms with Crippen LogP contribution in [0.15, 0.2) is 17.2 Å². The summed E-state index contributed by atoms with van der Waals surface area (Å²) in [4.78, 5) is 5.34. The molecule has 0 amide bonds. The minimum absolute atomic E-state index is 0.0889. The molecular weight excluding hydrogens is 288 g/mol. The number of aromatic amines is 1. The number of nitrogens with one attached hydrogen (secondary N) is 3. The highest BCUT2D eigenvalue weighted by molar-refractivity contribution is 7.89. The summed E-state index contributed by atoms with van der Waals surface area (Å²) in [6, 6.07) is 1.60. The lowest BCUT2D eigenvalue weighted by atomic mass is 10.2. The third kappa shape index (κ3) is 6.60. The van der Waals surface area contributed by atoms with Crippen molar-refractivity contribution in [2.45, 2.75) is 44.2 Å². The van der Waals surface area contributed by atoms with Crippen LogP contribution in [-0.4, -0.2) is 51.5 Å². The fourth-order valence-electron chi connectivity index (χ4n) is 1.92. The van der Waals surface area contributed by atoms with Gasteiger partial charge in [0.05, 0.1) is 4.90 Å². The van der Waals surface area contributed by atoms with Crippen molar-refractivity contribution in [2.24, 2.45) is 0 Å². The van der Waals surface area contributed by atoms with Crippen LogP contribution in [0.5, 0.6) is 0 Å². The Kier molecular flexibility index (Phi) is 7.37. The number of nitrogens with zero attached hydrogens (tertiary/aromatic N) is 1. The van der Waals surface area contributed by atoms with E-state index in [2.05, 4.69) is 21.9 Å². The molecule has 0 bridgehead atoms. The van der Waals surface area contributed by atoms with Crippen molar-refractivity contribution >= 4 is 10.0 Å². The van der Waals surface area contributed by atoms with Crippen molar-refractivity contribution in [3.05, 3.63) is 18.0 Å². The molecule has 0 aliphatic rings. The van der Waals surface area contributed by atoms with Crippen molar-refractivity contribution in [2.75, 3.05) is 27.2 Å². The fraction of sp³-hybridized carbons (Fsp3) is 0.714. The zero-order valence-electron chi connectivity index (χ0n) is 13.4. The van der Waals surface area contributed by atoms with E-state index in [-0.39, 0.29) is 6.04 Å². The Balaban J connectivity index is 2.57. The van der Waals surface area contributed by atoms with Gasteiger partial charge < -0.3 is 15.2 Å². The Morgan fingerprint density at radius 1 is 1.38 bits per heavy atom. The average Bonchev–Trinajstić information content (AvgIpc) is 2.86. The van der Waals surface area contributed by atoms with Crippen LogP contribution in [0.3, 0.4) is 0 Å². The summed E-state index contributed by atoms with van der Waals surface area (Å²) in [7, 11) is 0.506. The van der Waals surface area contributed by atoms with Gasteiger partial charge in [-0.1, -0.05) is 6.92 Å². The first kappa shape index (κ1) is 18.2. The van der Waals surface area contributed by atoms with Gasteiger partial charge in [-0.2, -0.15) is 0 Å². The summed E-state index contributed by atoms with van der Waals surface area (Å²) in [5, 5.41) is 3.24. The molecule has 1 heterocycles. The standard InChI is InChI=1S/C14H28N4O2S/c1-5-7-15-10-13-9-14(11-16-13)21(19,20)17-12(2)6-8-18(3)4/h9,11-12,15-17H,5-8,10H2,1-4H3. The lowest BCUT2D eigenvalue weighted by molar-refractivity contribution is 0.379. The Labute approximate surface area is 128 Å². The van der Waals surface area contributed by atoms with E-state index in [4.69, 9.17) is 0 Å². The molecule has 0 aliphatic carbocycles. The van der Waals surface area contributed by atoms with Crippen molar-refractivity contribution in [3.63, 3.8) is 0 Å². The zero-order chi connectivity index (χ0) is 15.9. The minimum Gasteiger partial charge on any atom is -0.363 e. The molecule has 0 spiro atoms. The van der Waals surface area contributed by atoms with E-state index >= 15 is 0 Å². The van der Waals surface area contributed by atoms with Crippen molar-refractivity contribution < 1.29 is 8.42 Å². The Morgan fingerprint density at radius 2 is 2.10 bits per heavy atom. The molecule has 122 valence electrons. The maximum Gasteiger partial charge on any atom is 0.242 e. The molecule has 7 heteroatoms. The smallest absolute Gasteiger partial charge is 0.242 e. The number of H-pyrrole nitrogens is 1. The van der Waals surface area contributed by atoms with Crippen molar-refractivity contribution in [3.8, 4) is 0 Å². The molecule has 1 aromatic rings. The molecular formula is C14H28N4O2S. The molecule has 1 unspecified atom stereocenters. The predicted octanol–water partition coefficient (Wildman–Crippen LogP) is 1.13. The Hall–Kier alpha value is -0.890. The monoisotopic (exact) mass is 316 g/mol. The molecule has 0 aliphatic heterocycles. The fourth-order valence-corrected chi connectivity index (χ4v) is 3.21. The summed E-state index contributed by atoms with van der Waals surface area (Å²) < 4.78 is 27.2. The number of rotatable bonds is 10. The highest BCUT2D eigenvalue weighted by atomic mass is 32.2. The molecule has 1 atom stereocenters. The van der Waals surface area contributed by atoms with Gasteiger partial charge in [-0.15, -0.1) is 0 Å². The second-order valence-electron chi connectivity index (χ2n) is 5.65. The van der Waals surface area contributed by atoms with E-state index in [1.54, 1.807) is 12.3 Å². The summed E-state index contributed by atoms with van der Waals surface area (Å²) >= 11 is 0. The maximum absolute atomic E-state index is 12.3. The van der Waals surface area contributed by atoms with Crippen LogP contribution in [0.1, 0.15) is 32.4 Å². The van der Waals surface area contributed by atoms with Gasteiger partial charge in [0.2, 0.25) is 10.0 Å². The molecule has 1 aromatic heterocycles. The molecule has 0 saturated carbocycles. The SMILES string of the molecule is CCCNCc1cc(S(=O)(=O)NC(C)CCN(C)C)c[nH]1. The van der Waals surface area contributed by atoms with Gasteiger partial charge in [-0.25, -0.2) is 13.1 Å². The van der Waals surface area contributed by atoms with Gasteiger partial charge in [0.15, 0.2) is 0 Å². The number of hydrogen-bond acceptors (Lipinski definition) is 4. The van der Waals surface area contributed by atoms with Gasteiger partial charge in [0, 0.05) is 24.5 Å². The Morgan fingerprint density at radius 3 is 2.71 bits per heavy atom. The number of sulfonamides is 1. The van der Waals surface area contributed by atoms with Gasteiger partial charge in [-0.05, 0) is 53.0 Å². The third-order valence-corrected chi connectivity index (χ3v) is 4.70. The van der Waals surface area contributed by atoms with Crippen molar-refractivity contribution in [1.82, 2.24) is 19.9 Å². The van der Waals surface area contributed by atoms with E-state index in [9.17, 15) is 8.42 Å². The molecule has 21 heavy (non-hydrogen) atoms. The Bertz CT molecular complexity index is 511. The summed E-state index contributed by atoms with van der Waals surface area (Å²) in [5.41, 5.74) is 0.879. The lowest BCUT2D eigenvalue weighted by Gasteiger charge is -2.16. The molecule has 0 aromatic carbocycles. The molecule has 1 rings (SSSR count). The molecule has 0 saturated heterocycles. The normalized spacial score (nSPS) is 13.8. The van der Waals surface area contributed by atoms with Crippen molar-refractivity contribution in [1.29, 1.82) is 0 Å². The van der Waals surface area contributed by atoms with Crippen LogP contribution >= 0.6 is 0 Å². The van der Waals surface area contributed by atoms with Gasteiger partial charge in [0.1, 0.15) is 0 Å². The average molecular weight is 316 g/mol. The highest BCUT2D eigenvalue weighted by Crippen LogP contribution is 2.11.